The molecular formula is C15H15N3O3. The fraction of sp³-hybridized carbons (Fsp3) is 0.133. The molecule has 0 aliphatic heterocycles. The van der Waals surface area contributed by atoms with Crippen molar-refractivity contribution in [2.75, 3.05) is 14.2 Å². The van der Waals surface area contributed by atoms with Crippen molar-refractivity contribution in [2.24, 2.45) is 5.10 Å². The number of hydrogen-bond donors (Lipinski definition) is 1. The maximum atomic E-state index is 12.1. The first kappa shape index (κ1) is 14.5. The van der Waals surface area contributed by atoms with Gasteiger partial charge in [-0.3, -0.25) is 9.78 Å². The Hall–Kier alpha value is -2.89. The average Bonchev–Trinajstić information content (AvgIpc) is 2.55. The van der Waals surface area contributed by atoms with Crippen molar-refractivity contribution in [2.45, 2.75) is 0 Å². The molecule has 0 saturated heterocycles. The van der Waals surface area contributed by atoms with Gasteiger partial charge < -0.3 is 9.47 Å². The van der Waals surface area contributed by atoms with Gasteiger partial charge in [0.1, 0.15) is 11.5 Å². The summed E-state index contributed by atoms with van der Waals surface area (Å²) < 4.78 is 10.3. The number of nitrogens with zero attached hydrogens (tertiary/aromatic N) is 2. The topological polar surface area (TPSA) is 72.8 Å². The Morgan fingerprint density at radius 3 is 2.62 bits per heavy atom. The lowest BCUT2D eigenvalue weighted by molar-refractivity contribution is 0.0951. The molecule has 0 radical (unpaired) electrons. The molecule has 0 fully saturated rings. The molecule has 21 heavy (non-hydrogen) atoms. The molecule has 6 nitrogen and oxygen atoms in total. The maximum Gasteiger partial charge on any atom is 0.275 e. The molecule has 0 spiro atoms. The van der Waals surface area contributed by atoms with Gasteiger partial charge in [-0.1, -0.05) is 0 Å². The van der Waals surface area contributed by atoms with E-state index in [4.69, 9.17) is 9.47 Å². The maximum absolute atomic E-state index is 12.1. The number of aromatic nitrogens is 1. The molecule has 1 N–H and O–H groups in total. The summed E-state index contributed by atoms with van der Waals surface area (Å²) in [4.78, 5) is 16.0. The van der Waals surface area contributed by atoms with E-state index in [-0.39, 0.29) is 5.91 Å². The predicted molar refractivity (Wildman–Crippen MR) is 78.8 cm³/mol. The van der Waals surface area contributed by atoms with E-state index in [2.05, 4.69) is 15.5 Å². The lowest BCUT2D eigenvalue weighted by Crippen LogP contribution is -2.18. The molecule has 0 saturated carbocycles. The molecule has 0 aliphatic rings. The molecule has 6 heteroatoms. The second kappa shape index (κ2) is 7.04. The first-order chi connectivity index (χ1) is 10.2. The summed E-state index contributed by atoms with van der Waals surface area (Å²) >= 11 is 0. The lowest BCUT2D eigenvalue weighted by Gasteiger charge is -2.08. The quantitative estimate of drug-likeness (QED) is 0.672. The smallest absolute Gasteiger partial charge is 0.275 e. The summed E-state index contributed by atoms with van der Waals surface area (Å²) in [7, 11) is 3.03. The minimum absolute atomic E-state index is 0.351. The fourth-order valence-corrected chi connectivity index (χ4v) is 1.67. The van der Waals surface area contributed by atoms with Crippen LogP contribution >= 0.6 is 0 Å². The number of hydrazone groups is 1. The highest BCUT2D eigenvalue weighted by Crippen LogP contribution is 2.23. The number of carbonyl (C=O) groups excluding carboxylic acids is 1. The Bertz CT molecular complexity index is 642. The molecule has 0 bridgehead atoms. The molecular weight excluding hydrogens is 270 g/mol. The van der Waals surface area contributed by atoms with E-state index in [0.29, 0.717) is 17.1 Å². The SMILES string of the molecule is COc1ccc(OC)c(C(=O)N/N=C/c2ccncc2)c1. The van der Waals surface area contributed by atoms with Crippen LogP contribution < -0.4 is 14.9 Å². The van der Waals surface area contributed by atoms with Gasteiger partial charge in [-0.15, -0.1) is 0 Å². The van der Waals surface area contributed by atoms with Gasteiger partial charge >= 0.3 is 0 Å². The zero-order chi connectivity index (χ0) is 15.1. The van der Waals surface area contributed by atoms with Crippen LogP contribution in [-0.4, -0.2) is 31.3 Å². The van der Waals surface area contributed by atoms with Crippen LogP contribution in [0.2, 0.25) is 0 Å². The van der Waals surface area contributed by atoms with Crippen molar-refractivity contribution in [1.82, 2.24) is 10.4 Å². The number of carbonyl (C=O) groups is 1. The normalized spacial score (nSPS) is 10.4. The van der Waals surface area contributed by atoms with Gasteiger partial charge in [0.15, 0.2) is 0 Å². The van der Waals surface area contributed by atoms with Crippen LogP contribution in [0, 0.1) is 0 Å². The predicted octanol–water partition coefficient (Wildman–Crippen LogP) is 1.86. The molecule has 0 atom stereocenters. The highest BCUT2D eigenvalue weighted by atomic mass is 16.5. The summed E-state index contributed by atoms with van der Waals surface area (Å²) in [6.07, 6.45) is 4.83. The number of hydrogen-bond acceptors (Lipinski definition) is 5. The number of methoxy groups -OCH3 is 2. The van der Waals surface area contributed by atoms with Crippen molar-refractivity contribution in [1.29, 1.82) is 0 Å². The summed E-state index contributed by atoms with van der Waals surface area (Å²) in [5.74, 6) is 0.641. The molecule has 0 aliphatic carbocycles. The molecule has 2 aromatic rings. The first-order valence-electron chi connectivity index (χ1n) is 6.20. The Labute approximate surface area is 122 Å². The van der Waals surface area contributed by atoms with Crippen molar-refractivity contribution >= 4 is 12.1 Å². The van der Waals surface area contributed by atoms with Gasteiger partial charge in [-0.05, 0) is 35.9 Å². The van der Waals surface area contributed by atoms with E-state index in [1.54, 1.807) is 42.7 Å². The second-order valence-corrected chi connectivity index (χ2v) is 4.05. The van der Waals surface area contributed by atoms with Gasteiger partial charge in [0.05, 0.1) is 26.0 Å². The Morgan fingerprint density at radius 2 is 1.95 bits per heavy atom. The second-order valence-electron chi connectivity index (χ2n) is 4.05. The third kappa shape index (κ3) is 3.79. The molecule has 0 unspecified atom stereocenters. The Balaban J connectivity index is 2.11. The van der Waals surface area contributed by atoms with Crippen LogP contribution in [0.15, 0.2) is 47.8 Å². The van der Waals surface area contributed by atoms with Gasteiger partial charge in [0.25, 0.3) is 5.91 Å². The number of rotatable bonds is 5. The molecule has 108 valence electrons. The lowest BCUT2D eigenvalue weighted by atomic mass is 10.2. The van der Waals surface area contributed by atoms with Crippen LogP contribution in [0.3, 0.4) is 0 Å². The highest BCUT2D eigenvalue weighted by molar-refractivity contribution is 5.97. The third-order valence-corrected chi connectivity index (χ3v) is 2.74. The van der Waals surface area contributed by atoms with Gasteiger partial charge in [-0.25, -0.2) is 5.43 Å². The Kier molecular flexibility index (Phi) is 4.87. The fourth-order valence-electron chi connectivity index (χ4n) is 1.67. The molecule has 1 aromatic carbocycles. The Morgan fingerprint density at radius 1 is 1.19 bits per heavy atom. The minimum atomic E-state index is -0.379. The van der Waals surface area contributed by atoms with E-state index in [1.807, 2.05) is 0 Å². The summed E-state index contributed by atoms with van der Waals surface area (Å²) in [5.41, 5.74) is 3.63. The number of ether oxygens (including phenoxy) is 2. The van der Waals surface area contributed by atoms with Gasteiger partial charge in [-0.2, -0.15) is 5.10 Å². The molecule has 1 aromatic heterocycles. The van der Waals surface area contributed by atoms with Crippen molar-refractivity contribution in [3.8, 4) is 11.5 Å². The van der Waals surface area contributed by atoms with Crippen LogP contribution in [0.25, 0.3) is 0 Å². The number of nitrogens with one attached hydrogen (secondary N) is 1. The van der Waals surface area contributed by atoms with Crippen molar-refractivity contribution in [3.05, 3.63) is 53.9 Å². The zero-order valence-electron chi connectivity index (χ0n) is 11.7. The van der Waals surface area contributed by atoms with Gasteiger partial charge in [0, 0.05) is 12.4 Å². The summed E-state index contributed by atoms with van der Waals surface area (Å²) in [6.45, 7) is 0. The molecule has 1 amide bonds. The van der Waals surface area contributed by atoms with E-state index in [0.717, 1.165) is 5.56 Å². The highest BCUT2D eigenvalue weighted by Gasteiger charge is 2.12. The average molecular weight is 285 g/mol. The van der Waals surface area contributed by atoms with Crippen molar-refractivity contribution < 1.29 is 14.3 Å². The summed E-state index contributed by atoms with van der Waals surface area (Å²) in [5, 5.41) is 3.90. The van der Waals surface area contributed by atoms with Crippen LogP contribution in [0.5, 0.6) is 11.5 Å². The first-order valence-corrected chi connectivity index (χ1v) is 6.20. The molecule has 2 rings (SSSR count). The van der Waals surface area contributed by atoms with Gasteiger partial charge in [0.2, 0.25) is 0 Å². The van der Waals surface area contributed by atoms with E-state index in [9.17, 15) is 4.79 Å². The van der Waals surface area contributed by atoms with E-state index >= 15 is 0 Å². The van der Waals surface area contributed by atoms with Crippen LogP contribution in [0.4, 0.5) is 0 Å². The number of amides is 1. The summed E-state index contributed by atoms with van der Waals surface area (Å²) in [6, 6.07) is 8.54. The largest absolute Gasteiger partial charge is 0.497 e. The van der Waals surface area contributed by atoms with Crippen molar-refractivity contribution in [3.63, 3.8) is 0 Å². The number of benzene rings is 1. The zero-order valence-corrected chi connectivity index (χ0v) is 11.7. The monoisotopic (exact) mass is 285 g/mol. The standard InChI is InChI=1S/C15H15N3O3/c1-20-12-3-4-14(21-2)13(9-12)15(19)18-17-10-11-5-7-16-8-6-11/h3-10H,1-2H3,(H,18,19)/b17-10+. The number of pyridine rings is 1. The van der Waals surface area contributed by atoms with Crippen LogP contribution in [0.1, 0.15) is 15.9 Å². The van der Waals surface area contributed by atoms with E-state index < -0.39 is 0 Å². The molecule has 1 heterocycles. The van der Waals surface area contributed by atoms with Crippen LogP contribution in [-0.2, 0) is 0 Å². The minimum Gasteiger partial charge on any atom is -0.497 e. The third-order valence-electron chi connectivity index (χ3n) is 2.74. The van der Waals surface area contributed by atoms with E-state index in [1.165, 1.54) is 20.4 Å².